The van der Waals surface area contributed by atoms with Crippen LogP contribution in [0, 0.1) is 11.3 Å². The molecule has 1 heterocycles. The summed E-state index contributed by atoms with van der Waals surface area (Å²) < 4.78 is 12.8. The van der Waals surface area contributed by atoms with Crippen molar-refractivity contribution in [3.8, 4) is 0 Å². The molecule has 0 aromatic heterocycles. The minimum atomic E-state index is -1.53. The Morgan fingerprint density at radius 2 is 1.44 bits per heavy atom. The van der Waals surface area contributed by atoms with Crippen LogP contribution in [0.5, 0.6) is 0 Å². The van der Waals surface area contributed by atoms with E-state index >= 15 is 0 Å². The Labute approximate surface area is 247 Å². The number of methoxy groups -OCH3 is 2. The molecule has 3 atom stereocenters. The van der Waals surface area contributed by atoms with Crippen LogP contribution in [0.15, 0.2) is 81.7 Å². The van der Waals surface area contributed by atoms with Gasteiger partial charge in [0.05, 0.1) is 20.3 Å². The van der Waals surface area contributed by atoms with Crippen LogP contribution < -0.4 is 0 Å². The maximum Gasteiger partial charge on any atom is 0.325 e. The van der Waals surface area contributed by atoms with E-state index < -0.39 is 23.4 Å². The van der Waals surface area contributed by atoms with Crippen molar-refractivity contribution in [2.75, 3.05) is 14.2 Å². The topological polar surface area (TPSA) is 55.8 Å². The summed E-state index contributed by atoms with van der Waals surface area (Å²) in [6.45, 7) is 5.13. The average molecular weight is 655 g/mol. The number of halogens is 2. The highest BCUT2D eigenvalue weighted by atomic mass is 79.9. The van der Waals surface area contributed by atoms with Crippen molar-refractivity contribution in [2.24, 2.45) is 11.3 Å². The third-order valence-corrected chi connectivity index (χ3v) is 9.74. The highest BCUT2D eigenvalue weighted by molar-refractivity contribution is 9.10. The quantitative estimate of drug-likeness (QED) is 0.219. The maximum atomic E-state index is 13.9. The van der Waals surface area contributed by atoms with Gasteiger partial charge in [0.15, 0.2) is 5.41 Å². The number of esters is 2. The van der Waals surface area contributed by atoms with Gasteiger partial charge in [-0.3, -0.25) is 14.5 Å². The van der Waals surface area contributed by atoms with Crippen molar-refractivity contribution < 1.29 is 19.1 Å². The van der Waals surface area contributed by atoms with Gasteiger partial charge in [-0.05, 0) is 65.3 Å². The molecule has 7 heteroatoms. The second-order valence-corrected chi connectivity index (χ2v) is 13.0. The lowest BCUT2D eigenvalue weighted by Gasteiger charge is -2.60. The standard InChI is InChI=1S/C32H33Br2NO4/c1-31(2)26-8-6-5-7-22(26)17-23-18-32(29(36)38-3,30(37)39-4)28(21-11-15-25(34)16-12-21)35(27(23)31)19-20-9-13-24(33)14-10-20/h5-16,23,27-28H,17-19H2,1-4H3. The van der Waals surface area contributed by atoms with E-state index in [2.05, 4.69) is 87.0 Å². The third kappa shape index (κ3) is 4.76. The van der Waals surface area contributed by atoms with Crippen LogP contribution in [0.4, 0.5) is 0 Å². The van der Waals surface area contributed by atoms with Crippen molar-refractivity contribution in [1.29, 1.82) is 0 Å². The molecule has 5 rings (SSSR count). The molecular formula is C32H33Br2NO4. The number of carbonyl (C=O) groups excluding carboxylic acids is 2. The number of rotatable bonds is 5. The van der Waals surface area contributed by atoms with Crippen molar-refractivity contribution in [2.45, 2.75) is 50.7 Å². The van der Waals surface area contributed by atoms with Gasteiger partial charge in [-0.15, -0.1) is 0 Å². The van der Waals surface area contributed by atoms with Gasteiger partial charge in [0.2, 0.25) is 0 Å². The molecule has 39 heavy (non-hydrogen) atoms. The lowest BCUT2D eigenvalue weighted by atomic mass is 9.55. The largest absolute Gasteiger partial charge is 0.468 e. The summed E-state index contributed by atoms with van der Waals surface area (Å²) in [6.07, 6.45) is 1.11. The van der Waals surface area contributed by atoms with Crippen molar-refractivity contribution in [3.63, 3.8) is 0 Å². The second kappa shape index (κ2) is 10.8. The summed E-state index contributed by atoms with van der Waals surface area (Å²) in [6, 6.07) is 24.2. The summed E-state index contributed by atoms with van der Waals surface area (Å²) >= 11 is 7.10. The zero-order chi connectivity index (χ0) is 27.9. The van der Waals surface area contributed by atoms with E-state index in [1.54, 1.807) is 0 Å². The first kappa shape index (κ1) is 28.1. The molecule has 3 unspecified atom stereocenters. The molecule has 0 bridgehead atoms. The molecule has 2 aliphatic rings. The second-order valence-electron chi connectivity index (χ2n) is 11.2. The molecule has 1 saturated heterocycles. The lowest BCUT2D eigenvalue weighted by molar-refractivity contribution is -0.189. The normalized spacial score (nSPS) is 23.3. The molecule has 1 aliphatic heterocycles. The number of hydrogen-bond acceptors (Lipinski definition) is 5. The Hall–Kier alpha value is -2.48. The van der Waals surface area contributed by atoms with Crippen molar-refractivity contribution in [1.82, 2.24) is 4.90 Å². The minimum absolute atomic E-state index is 0.0234. The first-order valence-electron chi connectivity index (χ1n) is 13.1. The van der Waals surface area contributed by atoms with Gasteiger partial charge in [0.25, 0.3) is 0 Å². The monoisotopic (exact) mass is 653 g/mol. The minimum Gasteiger partial charge on any atom is -0.468 e. The predicted octanol–water partition coefficient (Wildman–Crippen LogP) is 7.01. The van der Waals surface area contributed by atoms with Gasteiger partial charge in [0.1, 0.15) is 0 Å². The fourth-order valence-electron chi connectivity index (χ4n) is 7.26. The molecule has 0 radical (unpaired) electrons. The summed E-state index contributed by atoms with van der Waals surface area (Å²) in [4.78, 5) is 30.2. The first-order valence-corrected chi connectivity index (χ1v) is 14.7. The van der Waals surface area contributed by atoms with Gasteiger partial charge in [-0.2, -0.15) is 0 Å². The lowest BCUT2D eigenvalue weighted by Crippen LogP contribution is -2.66. The van der Waals surface area contributed by atoms with E-state index in [0.717, 1.165) is 26.5 Å². The van der Waals surface area contributed by atoms with Crippen LogP contribution in [0.25, 0.3) is 0 Å². The van der Waals surface area contributed by atoms with Gasteiger partial charge in [-0.25, -0.2) is 0 Å². The molecule has 0 N–H and O–H groups in total. The van der Waals surface area contributed by atoms with Gasteiger partial charge in [0, 0.05) is 26.9 Å². The molecule has 204 valence electrons. The summed E-state index contributed by atoms with van der Waals surface area (Å²) in [5, 5.41) is 0. The Morgan fingerprint density at radius 1 is 0.872 bits per heavy atom. The molecule has 5 nitrogen and oxygen atoms in total. The fourth-order valence-corrected chi connectivity index (χ4v) is 7.79. The number of piperidine rings is 1. The first-order chi connectivity index (χ1) is 18.6. The van der Waals surface area contributed by atoms with E-state index in [1.165, 1.54) is 25.3 Å². The van der Waals surface area contributed by atoms with E-state index in [1.807, 2.05) is 36.4 Å². The molecule has 0 amide bonds. The van der Waals surface area contributed by atoms with Crippen LogP contribution in [-0.4, -0.2) is 37.1 Å². The molecule has 3 aromatic rings. The van der Waals surface area contributed by atoms with Crippen molar-refractivity contribution >= 4 is 43.8 Å². The number of nitrogens with zero attached hydrogens (tertiary/aromatic N) is 1. The van der Waals surface area contributed by atoms with E-state index in [9.17, 15) is 9.59 Å². The summed E-state index contributed by atoms with van der Waals surface area (Å²) in [5.41, 5.74) is 2.76. The van der Waals surface area contributed by atoms with Gasteiger partial charge < -0.3 is 9.47 Å². The van der Waals surface area contributed by atoms with Crippen LogP contribution in [0.2, 0.25) is 0 Å². The highest BCUT2D eigenvalue weighted by Gasteiger charge is 2.65. The Bertz CT molecular complexity index is 1350. The molecule has 3 aromatic carbocycles. The zero-order valence-electron chi connectivity index (χ0n) is 22.6. The number of benzene rings is 3. The van der Waals surface area contributed by atoms with Crippen LogP contribution in [-0.2, 0) is 37.4 Å². The summed E-state index contributed by atoms with van der Waals surface area (Å²) in [7, 11) is 2.72. The smallest absolute Gasteiger partial charge is 0.325 e. The van der Waals surface area contributed by atoms with Crippen LogP contribution in [0.1, 0.15) is 48.6 Å². The molecule has 1 aliphatic carbocycles. The number of likely N-dealkylation sites (tertiary alicyclic amines) is 1. The molecular weight excluding hydrogens is 622 g/mol. The van der Waals surface area contributed by atoms with Crippen LogP contribution in [0.3, 0.4) is 0 Å². The van der Waals surface area contributed by atoms with E-state index in [0.29, 0.717) is 13.0 Å². The third-order valence-electron chi connectivity index (χ3n) is 8.68. The fraction of sp³-hybridized carbons (Fsp3) is 0.375. The Morgan fingerprint density at radius 3 is 2.03 bits per heavy atom. The zero-order valence-corrected chi connectivity index (χ0v) is 25.8. The van der Waals surface area contributed by atoms with Crippen molar-refractivity contribution in [3.05, 3.63) is 104 Å². The van der Waals surface area contributed by atoms with Gasteiger partial charge >= 0.3 is 11.9 Å². The van der Waals surface area contributed by atoms with E-state index in [-0.39, 0.29) is 17.4 Å². The number of fused-ring (bicyclic) bond motifs is 2. The molecule has 0 saturated carbocycles. The number of hydrogen-bond donors (Lipinski definition) is 0. The van der Waals surface area contributed by atoms with Gasteiger partial charge in [-0.1, -0.05) is 94.2 Å². The Kier molecular flexibility index (Phi) is 7.79. The summed E-state index contributed by atoms with van der Waals surface area (Å²) in [5.74, 6) is -1.09. The molecule has 0 spiro atoms. The Balaban J connectivity index is 1.79. The SMILES string of the molecule is COC(=O)C1(C(=O)OC)CC2Cc3ccccc3C(C)(C)C2N(Cc2ccc(Br)cc2)C1c1ccc(Br)cc1. The average Bonchev–Trinajstić information content (AvgIpc) is 2.93. The molecule has 1 fully saturated rings. The van der Waals surface area contributed by atoms with E-state index in [4.69, 9.17) is 9.47 Å². The predicted molar refractivity (Wildman–Crippen MR) is 158 cm³/mol. The maximum absolute atomic E-state index is 13.9. The number of ether oxygens (including phenoxy) is 2. The number of carbonyl (C=O) groups is 2. The van der Waals surface area contributed by atoms with Crippen LogP contribution >= 0.6 is 31.9 Å². The highest BCUT2D eigenvalue weighted by Crippen LogP contribution is 2.58.